The SMILES string of the molecule is CCN(CC)C(=O)CN(C)CC(=O)Nc1c(C#N)c(C)c(C)n1-c1ccc(F)cc1. The highest BCUT2D eigenvalue weighted by molar-refractivity contribution is 5.94. The molecule has 0 aliphatic heterocycles. The predicted molar refractivity (Wildman–Crippen MR) is 114 cm³/mol. The maximum Gasteiger partial charge on any atom is 0.239 e. The topological polar surface area (TPSA) is 81.4 Å². The van der Waals surface area contributed by atoms with Gasteiger partial charge in [-0.2, -0.15) is 5.26 Å². The number of hydrogen-bond donors (Lipinski definition) is 1. The van der Waals surface area contributed by atoms with Crippen LogP contribution in [0.3, 0.4) is 0 Å². The van der Waals surface area contributed by atoms with Crippen molar-refractivity contribution < 1.29 is 14.0 Å². The van der Waals surface area contributed by atoms with E-state index in [0.29, 0.717) is 30.2 Å². The zero-order valence-electron chi connectivity index (χ0n) is 18.1. The Kier molecular flexibility index (Phi) is 7.72. The Morgan fingerprint density at radius 2 is 1.73 bits per heavy atom. The molecule has 2 aromatic rings. The molecule has 2 amide bonds. The Morgan fingerprint density at radius 1 is 1.13 bits per heavy atom. The maximum atomic E-state index is 13.4. The van der Waals surface area contributed by atoms with Crippen LogP contribution in [-0.4, -0.2) is 59.4 Å². The zero-order valence-corrected chi connectivity index (χ0v) is 18.1. The second-order valence-corrected chi connectivity index (χ2v) is 7.14. The summed E-state index contributed by atoms with van der Waals surface area (Å²) >= 11 is 0. The van der Waals surface area contributed by atoms with Crippen LogP contribution in [0.4, 0.5) is 10.2 Å². The molecule has 0 radical (unpaired) electrons. The van der Waals surface area contributed by atoms with Crippen LogP contribution >= 0.6 is 0 Å². The number of nitrogens with one attached hydrogen (secondary N) is 1. The summed E-state index contributed by atoms with van der Waals surface area (Å²) in [6.07, 6.45) is 0. The zero-order chi connectivity index (χ0) is 22.4. The van der Waals surface area contributed by atoms with Gasteiger partial charge < -0.3 is 10.2 Å². The first kappa shape index (κ1) is 23.1. The Hall–Kier alpha value is -3.18. The van der Waals surface area contributed by atoms with Gasteiger partial charge in [-0.25, -0.2) is 4.39 Å². The van der Waals surface area contributed by atoms with Crippen LogP contribution in [0.2, 0.25) is 0 Å². The summed E-state index contributed by atoms with van der Waals surface area (Å²) in [5.74, 6) is -0.421. The number of nitriles is 1. The van der Waals surface area contributed by atoms with Gasteiger partial charge in [-0.3, -0.25) is 19.1 Å². The normalized spacial score (nSPS) is 10.7. The molecule has 7 nitrogen and oxygen atoms in total. The van der Waals surface area contributed by atoms with Gasteiger partial charge in [0.25, 0.3) is 0 Å². The van der Waals surface area contributed by atoms with Crippen molar-refractivity contribution in [1.82, 2.24) is 14.4 Å². The van der Waals surface area contributed by atoms with Gasteiger partial charge >= 0.3 is 0 Å². The number of anilines is 1. The van der Waals surface area contributed by atoms with Gasteiger partial charge in [0, 0.05) is 24.5 Å². The van der Waals surface area contributed by atoms with E-state index in [9.17, 15) is 19.2 Å². The van der Waals surface area contributed by atoms with Crippen LogP contribution in [0, 0.1) is 31.0 Å². The summed E-state index contributed by atoms with van der Waals surface area (Å²) < 4.78 is 15.1. The number of benzene rings is 1. The van der Waals surface area contributed by atoms with Gasteiger partial charge in [0.15, 0.2) is 0 Å². The van der Waals surface area contributed by atoms with Crippen LogP contribution < -0.4 is 5.32 Å². The molecule has 0 saturated carbocycles. The first-order chi connectivity index (χ1) is 14.2. The number of likely N-dealkylation sites (N-methyl/N-ethyl adjacent to an activating group) is 2. The van der Waals surface area contributed by atoms with E-state index >= 15 is 0 Å². The second-order valence-electron chi connectivity index (χ2n) is 7.14. The summed E-state index contributed by atoms with van der Waals surface area (Å²) in [6.45, 7) is 8.80. The minimum absolute atomic E-state index is 0.00935. The number of hydrogen-bond acceptors (Lipinski definition) is 4. The van der Waals surface area contributed by atoms with Crippen molar-refractivity contribution in [2.45, 2.75) is 27.7 Å². The van der Waals surface area contributed by atoms with Crippen LogP contribution in [-0.2, 0) is 9.59 Å². The van der Waals surface area contributed by atoms with Crippen molar-refractivity contribution in [3.8, 4) is 11.8 Å². The molecule has 2 rings (SSSR count). The number of halogens is 1. The molecule has 0 spiro atoms. The number of amides is 2. The fourth-order valence-electron chi connectivity index (χ4n) is 3.35. The summed E-state index contributed by atoms with van der Waals surface area (Å²) in [6, 6.07) is 7.98. The smallest absolute Gasteiger partial charge is 0.239 e. The molecular formula is C22H28FN5O2. The standard InChI is InChI=1S/C22H28FN5O2/c1-6-27(7-2)21(30)14-26(5)13-20(29)25-22-19(12-24)15(3)16(4)28(22)18-10-8-17(23)9-11-18/h8-11H,6-7,13-14H2,1-5H3,(H,25,29). The minimum atomic E-state index is -0.370. The Bertz CT molecular complexity index is 955. The van der Waals surface area contributed by atoms with E-state index in [0.717, 1.165) is 11.3 Å². The van der Waals surface area contributed by atoms with Crippen molar-refractivity contribution in [1.29, 1.82) is 5.26 Å². The fraction of sp³-hybridized carbons (Fsp3) is 0.409. The fourth-order valence-corrected chi connectivity index (χ4v) is 3.35. The largest absolute Gasteiger partial charge is 0.342 e. The van der Waals surface area contributed by atoms with Crippen molar-refractivity contribution in [3.05, 3.63) is 46.9 Å². The van der Waals surface area contributed by atoms with Crippen molar-refractivity contribution in [2.75, 3.05) is 38.5 Å². The van der Waals surface area contributed by atoms with E-state index in [1.54, 1.807) is 40.5 Å². The van der Waals surface area contributed by atoms with Gasteiger partial charge in [0.2, 0.25) is 11.8 Å². The Balaban J connectivity index is 2.24. The van der Waals surface area contributed by atoms with Crippen LogP contribution in [0.15, 0.2) is 24.3 Å². The molecule has 0 aliphatic rings. The molecule has 0 atom stereocenters. The maximum absolute atomic E-state index is 13.4. The van der Waals surface area contributed by atoms with Gasteiger partial charge in [0.1, 0.15) is 17.7 Å². The van der Waals surface area contributed by atoms with Gasteiger partial charge in [-0.05, 0) is 64.6 Å². The molecule has 1 heterocycles. The summed E-state index contributed by atoms with van der Waals surface area (Å²) in [5, 5.41) is 12.4. The van der Waals surface area contributed by atoms with Gasteiger partial charge in [-0.15, -0.1) is 0 Å². The highest BCUT2D eigenvalue weighted by Gasteiger charge is 2.22. The molecule has 0 fully saturated rings. The molecule has 1 aromatic carbocycles. The average Bonchev–Trinajstić information content (AvgIpc) is 2.92. The van der Waals surface area contributed by atoms with Crippen LogP contribution in [0.1, 0.15) is 30.7 Å². The molecule has 160 valence electrons. The molecule has 30 heavy (non-hydrogen) atoms. The molecule has 0 bridgehead atoms. The third kappa shape index (κ3) is 5.05. The van der Waals surface area contributed by atoms with E-state index < -0.39 is 0 Å². The number of aromatic nitrogens is 1. The molecule has 8 heteroatoms. The molecule has 1 aromatic heterocycles. The molecule has 1 N–H and O–H groups in total. The quantitative estimate of drug-likeness (QED) is 0.722. The van der Waals surface area contributed by atoms with E-state index in [4.69, 9.17) is 0 Å². The van der Waals surface area contributed by atoms with E-state index in [1.807, 2.05) is 20.8 Å². The summed E-state index contributed by atoms with van der Waals surface area (Å²) in [5.41, 5.74) is 2.51. The van der Waals surface area contributed by atoms with Crippen molar-refractivity contribution in [3.63, 3.8) is 0 Å². The minimum Gasteiger partial charge on any atom is -0.342 e. The van der Waals surface area contributed by atoms with E-state index in [2.05, 4.69) is 11.4 Å². The number of carbonyl (C=O) groups excluding carboxylic acids is 2. The first-order valence-electron chi connectivity index (χ1n) is 9.87. The molecule has 0 saturated heterocycles. The average molecular weight is 413 g/mol. The highest BCUT2D eigenvalue weighted by atomic mass is 19.1. The van der Waals surface area contributed by atoms with Crippen molar-refractivity contribution >= 4 is 17.6 Å². The first-order valence-corrected chi connectivity index (χ1v) is 9.87. The third-order valence-electron chi connectivity index (χ3n) is 5.10. The molecule has 0 aliphatic carbocycles. The summed E-state index contributed by atoms with van der Waals surface area (Å²) in [4.78, 5) is 28.3. The Morgan fingerprint density at radius 3 is 2.27 bits per heavy atom. The lowest BCUT2D eigenvalue weighted by molar-refractivity contribution is -0.132. The highest BCUT2D eigenvalue weighted by Crippen LogP contribution is 2.30. The number of rotatable bonds is 8. The monoisotopic (exact) mass is 413 g/mol. The third-order valence-corrected chi connectivity index (χ3v) is 5.10. The summed E-state index contributed by atoms with van der Waals surface area (Å²) in [7, 11) is 1.70. The van der Waals surface area contributed by atoms with E-state index in [-0.39, 0.29) is 30.7 Å². The molecular weight excluding hydrogens is 385 g/mol. The lowest BCUT2D eigenvalue weighted by atomic mass is 10.2. The van der Waals surface area contributed by atoms with Gasteiger partial charge in [0.05, 0.1) is 18.7 Å². The van der Waals surface area contributed by atoms with Crippen LogP contribution in [0.25, 0.3) is 5.69 Å². The Labute approximate surface area is 176 Å². The van der Waals surface area contributed by atoms with Crippen molar-refractivity contribution in [2.24, 2.45) is 0 Å². The number of carbonyl (C=O) groups is 2. The number of nitrogens with zero attached hydrogens (tertiary/aromatic N) is 4. The lowest BCUT2D eigenvalue weighted by Gasteiger charge is -2.23. The van der Waals surface area contributed by atoms with Crippen LogP contribution in [0.5, 0.6) is 0 Å². The van der Waals surface area contributed by atoms with E-state index in [1.165, 1.54) is 12.1 Å². The predicted octanol–water partition coefficient (Wildman–Crippen LogP) is 2.84. The second kappa shape index (κ2) is 10.0. The molecule has 0 unspecified atom stereocenters. The lowest BCUT2D eigenvalue weighted by Crippen LogP contribution is -2.41. The van der Waals surface area contributed by atoms with Gasteiger partial charge in [-0.1, -0.05) is 0 Å².